The first-order chi connectivity index (χ1) is 15.0. The Balaban J connectivity index is 1.58. The normalized spacial score (nSPS) is 15.1. The Labute approximate surface area is 182 Å². The molecule has 2 heterocycles. The molecule has 1 saturated heterocycles. The number of hydrogen-bond acceptors (Lipinski definition) is 4. The number of aryl methyl sites for hydroxylation is 1. The summed E-state index contributed by atoms with van der Waals surface area (Å²) in [6.45, 7) is 6.24. The molecule has 0 aliphatic carbocycles. The van der Waals surface area contributed by atoms with E-state index in [0.717, 1.165) is 30.6 Å². The molecule has 0 unspecified atom stereocenters. The highest BCUT2D eigenvalue weighted by Crippen LogP contribution is 2.13. The summed E-state index contributed by atoms with van der Waals surface area (Å²) >= 11 is 0. The van der Waals surface area contributed by atoms with Crippen LogP contribution in [0.3, 0.4) is 0 Å². The SMILES string of the molecule is CCOC(=O)N1CCC(NC(=NCc2ccc(C)c(F)c2)NCCc2ccco2)CC1. The summed E-state index contributed by atoms with van der Waals surface area (Å²) in [7, 11) is 0. The van der Waals surface area contributed by atoms with Gasteiger partial charge in [-0.05, 0) is 56.0 Å². The molecule has 1 fully saturated rings. The van der Waals surface area contributed by atoms with Crippen molar-refractivity contribution >= 4 is 12.1 Å². The Morgan fingerprint density at radius 3 is 2.81 bits per heavy atom. The van der Waals surface area contributed by atoms with Gasteiger partial charge in [-0.15, -0.1) is 0 Å². The minimum atomic E-state index is -0.257. The Bertz CT molecular complexity index is 862. The van der Waals surface area contributed by atoms with Gasteiger partial charge in [0.15, 0.2) is 5.96 Å². The van der Waals surface area contributed by atoms with Crippen LogP contribution in [-0.4, -0.2) is 49.2 Å². The maximum absolute atomic E-state index is 13.9. The van der Waals surface area contributed by atoms with Gasteiger partial charge in [-0.1, -0.05) is 12.1 Å². The van der Waals surface area contributed by atoms with E-state index < -0.39 is 0 Å². The fourth-order valence-corrected chi connectivity index (χ4v) is 3.43. The number of halogens is 1. The van der Waals surface area contributed by atoms with Gasteiger partial charge in [0, 0.05) is 32.1 Å². The highest BCUT2D eigenvalue weighted by Gasteiger charge is 2.24. The lowest BCUT2D eigenvalue weighted by Crippen LogP contribution is -2.50. The third kappa shape index (κ3) is 7.01. The van der Waals surface area contributed by atoms with E-state index in [2.05, 4.69) is 15.6 Å². The highest BCUT2D eigenvalue weighted by molar-refractivity contribution is 5.80. The zero-order valence-corrected chi connectivity index (χ0v) is 18.2. The van der Waals surface area contributed by atoms with E-state index in [1.807, 2.05) is 25.1 Å². The Kier molecular flexibility index (Phi) is 8.32. The highest BCUT2D eigenvalue weighted by atomic mass is 19.1. The number of piperidine rings is 1. The molecule has 3 rings (SSSR count). The number of carbonyl (C=O) groups excluding carboxylic acids is 1. The lowest BCUT2D eigenvalue weighted by molar-refractivity contribution is 0.0963. The number of amides is 1. The summed E-state index contributed by atoms with van der Waals surface area (Å²) < 4.78 is 24.3. The molecule has 1 aromatic carbocycles. The van der Waals surface area contributed by atoms with Crippen LogP contribution in [0.2, 0.25) is 0 Å². The van der Waals surface area contributed by atoms with E-state index in [4.69, 9.17) is 9.15 Å². The first-order valence-electron chi connectivity index (χ1n) is 10.8. The summed E-state index contributed by atoms with van der Waals surface area (Å²) in [5.41, 5.74) is 1.43. The fraction of sp³-hybridized carbons (Fsp3) is 0.478. The van der Waals surface area contributed by atoms with E-state index in [9.17, 15) is 9.18 Å². The second kappa shape index (κ2) is 11.4. The number of benzene rings is 1. The predicted molar refractivity (Wildman–Crippen MR) is 117 cm³/mol. The van der Waals surface area contributed by atoms with E-state index in [1.54, 1.807) is 24.2 Å². The molecular formula is C23H31FN4O3. The molecule has 0 saturated carbocycles. The molecule has 8 heteroatoms. The van der Waals surface area contributed by atoms with Crippen molar-refractivity contribution in [2.24, 2.45) is 4.99 Å². The van der Waals surface area contributed by atoms with Gasteiger partial charge in [0.1, 0.15) is 11.6 Å². The Morgan fingerprint density at radius 2 is 2.13 bits per heavy atom. The number of hydrogen-bond donors (Lipinski definition) is 2. The van der Waals surface area contributed by atoms with Gasteiger partial charge < -0.3 is 24.7 Å². The number of nitrogens with one attached hydrogen (secondary N) is 2. The van der Waals surface area contributed by atoms with Crippen LogP contribution in [0, 0.1) is 12.7 Å². The van der Waals surface area contributed by atoms with Crippen LogP contribution in [0.1, 0.15) is 36.7 Å². The quantitative estimate of drug-likeness (QED) is 0.518. The number of ether oxygens (including phenoxy) is 1. The van der Waals surface area contributed by atoms with Crippen LogP contribution >= 0.6 is 0 Å². The van der Waals surface area contributed by atoms with Crippen LogP contribution in [0.25, 0.3) is 0 Å². The minimum absolute atomic E-state index is 0.190. The van der Waals surface area contributed by atoms with Crippen molar-refractivity contribution in [1.82, 2.24) is 15.5 Å². The number of furan rings is 1. The van der Waals surface area contributed by atoms with E-state index >= 15 is 0 Å². The number of guanidine groups is 1. The van der Waals surface area contributed by atoms with Crippen molar-refractivity contribution in [3.63, 3.8) is 0 Å². The lowest BCUT2D eigenvalue weighted by atomic mass is 10.1. The van der Waals surface area contributed by atoms with Gasteiger partial charge in [0.25, 0.3) is 0 Å². The monoisotopic (exact) mass is 430 g/mol. The van der Waals surface area contributed by atoms with Gasteiger partial charge in [0.2, 0.25) is 0 Å². The molecule has 1 aliphatic heterocycles. The van der Waals surface area contributed by atoms with Gasteiger partial charge >= 0.3 is 6.09 Å². The largest absolute Gasteiger partial charge is 0.469 e. The zero-order chi connectivity index (χ0) is 22.1. The molecule has 7 nitrogen and oxygen atoms in total. The fourth-order valence-electron chi connectivity index (χ4n) is 3.43. The van der Waals surface area contributed by atoms with Gasteiger partial charge in [-0.2, -0.15) is 0 Å². The average molecular weight is 431 g/mol. The van der Waals surface area contributed by atoms with Crippen molar-refractivity contribution in [3.8, 4) is 0 Å². The maximum atomic E-state index is 13.9. The molecule has 1 aromatic heterocycles. The second-order valence-corrected chi connectivity index (χ2v) is 7.61. The zero-order valence-electron chi connectivity index (χ0n) is 18.2. The standard InChI is InChI=1S/C23H31FN4O3/c1-3-30-23(29)28-12-9-19(10-13-28)27-22(25-11-8-20-5-4-14-31-20)26-16-18-7-6-17(2)21(24)15-18/h4-7,14-15,19H,3,8-13,16H2,1-2H3,(H2,25,26,27). The van der Waals surface area contributed by atoms with E-state index in [0.29, 0.717) is 44.3 Å². The first kappa shape index (κ1) is 22.7. The molecule has 1 aliphatic rings. The van der Waals surface area contributed by atoms with Crippen molar-refractivity contribution in [3.05, 3.63) is 59.3 Å². The molecule has 1 amide bonds. The molecular weight excluding hydrogens is 399 g/mol. The topological polar surface area (TPSA) is 79.1 Å². The van der Waals surface area contributed by atoms with Crippen molar-refractivity contribution in [2.45, 2.75) is 45.7 Å². The number of aliphatic imine (C=N–C) groups is 1. The number of likely N-dealkylation sites (tertiary alicyclic amines) is 1. The third-order valence-corrected chi connectivity index (χ3v) is 5.26. The molecule has 168 valence electrons. The van der Waals surface area contributed by atoms with Crippen molar-refractivity contribution in [1.29, 1.82) is 0 Å². The molecule has 0 atom stereocenters. The Hall–Kier alpha value is -3.03. The van der Waals surface area contributed by atoms with Gasteiger partial charge in [-0.3, -0.25) is 0 Å². The van der Waals surface area contributed by atoms with Crippen LogP contribution < -0.4 is 10.6 Å². The summed E-state index contributed by atoms with van der Waals surface area (Å²) in [4.78, 5) is 18.3. The summed E-state index contributed by atoms with van der Waals surface area (Å²) in [6, 6.07) is 9.17. The predicted octanol–water partition coefficient (Wildman–Crippen LogP) is 3.63. The molecule has 31 heavy (non-hydrogen) atoms. The molecule has 2 N–H and O–H groups in total. The van der Waals surface area contributed by atoms with Crippen LogP contribution in [0.4, 0.5) is 9.18 Å². The van der Waals surface area contributed by atoms with E-state index in [-0.39, 0.29) is 18.0 Å². The summed E-state index contributed by atoms with van der Waals surface area (Å²) in [5.74, 6) is 1.34. The van der Waals surface area contributed by atoms with Crippen LogP contribution in [0.15, 0.2) is 46.0 Å². The van der Waals surface area contributed by atoms with Crippen LogP contribution in [0.5, 0.6) is 0 Å². The minimum Gasteiger partial charge on any atom is -0.469 e. The molecule has 0 spiro atoms. The van der Waals surface area contributed by atoms with Crippen molar-refractivity contribution < 1.29 is 18.3 Å². The maximum Gasteiger partial charge on any atom is 0.409 e. The molecule has 2 aromatic rings. The third-order valence-electron chi connectivity index (χ3n) is 5.26. The number of rotatable bonds is 7. The van der Waals surface area contributed by atoms with E-state index in [1.165, 1.54) is 6.07 Å². The average Bonchev–Trinajstić information content (AvgIpc) is 3.28. The number of nitrogens with zero attached hydrogens (tertiary/aromatic N) is 2. The molecule has 0 bridgehead atoms. The van der Waals surface area contributed by atoms with Crippen LogP contribution in [-0.2, 0) is 17.7 Å². The van der Waals surface area contributed by atoms with Gasteiger partial charge in [-0.25, -0.2) is 14.2 Å². The lowest BCUT2D eigenvalue weighted by Gasteiger charge is -2.32. The first-order valence-corrected chi connectivity index (χ1v) is 10.8. The summed E-state index contributed by atoms with van der Waals surface area (Å²) in [6.07, 6.45) is 3.74. The second-order valence-electron chi connectivity index (χ2n) is 7.61. The number of carbonyl (C=O) groups is 1. The molecule has 0 radical (unpaired) electrons. The summed E-state index contributed by atoms with van der Waals surface area (Å²) in [5, 5.41) is 6.80. The van der Waals surface area contributed by atoms with Crippen molar-refractivity contribution in [2.75, 3.05) is 26.2 Å². The van der Waals surface area contributed by atoms with Gasteiger partial charge in [0.05, 0.1) is 19.4 Å². The Morgan fingerprint density at radius 1 is 1.32 bits per heavy atom. The smallest absolute Gasteiger partial charge is 0.409 e.